The van der Waals surface area contributed by atoms with Crippen LogP contribution < -0.4 is 11.6 Å². The number of aromatic nitrogens is 2. The number of nitrogens with zero attached hydrogens (tertiary/aromatic N) is 3. The zero-order valence-corrected chi connectivity index (χ0v) is 9.51. The van der Waals surface area contributed by atoms with Gasteiger partial charge in [0.2, 0.25) is 0 Å². The second-order valence-corrected chi connectivity index (χ2v) is 3.68. The number of nitriles is 1. The molecule has 0 unspecified atom stereocenters. The summed E-state index contributed by atoms with van der Waals surface area (Å²) < 4.78 is 1.38. The van der Waals surface area contributed by atoms with E-state index in [-0.39, 0.29) is 0 Å². The molecule has 86 valence electrons. The van der Waals surface area contributed by atoms with E-state index in [2.05, 4.69) is 11.1 Å². The summed E-state index contributed by atoms with van der Waals surface area (Å²) in [6.45, 7) is 1.96. The van der Waals surface area contributed by atoms with Gasteiger partial charge in [-0.25, -0.2) is 9.66 Å². The van der Waals surface area contributed by atoms with Crippen molar-refractivity contribution in [2.75, 3.05) is 11.6 Å². The lowest BCUT2D eigenvalue weighted by atomic mass is 10.1. The number of benzene rings is 1. The Labute approximate surface area is 99.3 Å². The molecule has 0 amide bonds. The van der Waals surface area contributed by atoms with E-state index in [0.29, 0.717) is 23.5 Å². The van der Waals surface area contributed by atoms with Crippen molar-refractivity contribution in [2.24, 2.45) is 0 Å². The maximum Gasteiger partial charge on any atom is 0.150 e. The van der Waals surface area contributed by atoms with Crippen LogP contribution in [-0.2, 0) is 6.42 Å². The molecule has 2 rings (SSSR count). The van der Waals surface area contributed by atoms with Crippen molar-refractivity contribution in [1.82, 2.24) is 9.66 Å². The van der Waals surface area contributed by atoms with Crippen LogP contribution in [-0.4, -0.2) is 9.66 Å². The molecule has 0 spiro atoms. The molecule has 0 bridgehead atoms. The summed E-state index contributed by atoms with van der Waals surface area (Å²) in [6.07, 6.45) is 0.707. The number of imidazole rings is 1. The van der Waals surface area contributed by atoms with Crippen LogP contribution in [0, 0.1) is 11.3 Å². The highest BCUT2D eigenvalue weighted by atomic mass is 15.4. The van der Waals surface area contributed by atoms with Gasteiger partial charge in [-0.05, 0) is 12.1 Å². The van der Waals surface area contributed by atoms with Crippen molar-refractivity contribution in [3.8, 4) is 17.3 Å². The highest BCUT2D eigenvalue weighted by molar-refractivity contribution is 5.72. The molecular formula is C12H13N5. The zero-order chi connectivity index (χ0) is 12.4. The molecule has 5 nitrogen and oxygen atoms in total. The molecule has 0 saturated carbocycles. The second-order valence-electron chi connectivity index (χ2n) is 3.68. The van der Waals surface area contributed by atoms with Gasteiger partial charge in [-0.1, -0.05) is 19.1 Å². The van der Waals surface area contributed by atoms with Gasteiger partial charge in [0.1, 0.15) is 11.5 Å². The Morgan fingerprint density at radius 1 is 1.47 bits per heavy atom. The molecule has 0 fully saturated rings. The molecule has 4 N–H and O–H groups in total. The largest absolute Gasteiger partial charge is 0.382 e. The van der Waals surface area contributed by atoms with Crippen LogP contribution in [0.25, 0.3) is 11.3 Å². The number of rotatable bonds is 2. The SMILES string of the molecule is CCc1nc(-c2cccc(C#N)c2)c(N)n1N. The maximum absolute atomic E-state index is 8.85. The number of hydrogen-bond acceptors (Lipinski definition) is 4. The number of hydrogen-bond donors (Lipinski definition) is 2. The number of anilines is 1. The Morgan fingerprint density at radius 2 is 2.24 bits per heavy atom. The molecule has 0 aliphatic rings. The lowest BCUT2D eigenvalue weighted by molar-refractivity contribution is 0.865. The minimum absolute atomic E-state index is 0.414. The Balaban J connectivity index is 2.57. The highest BCUT2D eigenvalue weighted by Crippen LogP contribution is 2.25. The number of nitrogens with two attached hydrogens (primary N) is 2. The Bertz CT molecular complexity index is 591. The van der Waals surface area contributed by atoms with Gasteiger partial charge in [-0.2, -0.15) is 5.26 Å². The number of aryl methyl sites for hydroxylation is 1. The van der Waals surface area contributed by atoms with E-state index < -0.39 is 0 Å². The fourth-order valence-corrected chi connectivity index (χ4v) is 1.69. The van der Waals surface area contributed by atoms with E-state index in [1.54, 1.807) is 18.2 Å². The van der Waals surface area contributed by atoms with Crippen molar-refractivity contribution >= 4 is 5.82 Å². The van der Waals surface area contributed by atoms with Gasteiger partial charge in [-0.3, -0.25) is 0 Å². The number of nitrogen functional groups attached to an aromatic ring is 2. The molecule has 0 saturated heterocycles. The van der Waals surface area contributed by atoms with E-state index in [0.717, 1.165) is 11.4 Å². The first kappa shape index (κ1) is 11.0. The van der Waals surface area contributed by atoms with Gasteiger partial charge in [0, 0.05) is 12.0 Å². The summed E-state index contributed by atoms with van der Waals surface area (Å²) in [4.78, 5) is 4.38. The maximum atomic E-state index is 8.85. The fraction of sp³-hybridized carbons (Fsp3) is 0.167. The first-order valence-corrected chi connectivity index (χ1v) is 5.30. The van der Waals surface area contributed by atoms with Gasteiger partial charge < -0.3 is 11.6 Å². The van der Waals surface area contributed by atoms with E-state index in [4.69, 9.17) is 16.8 Å². The van der Waals surface area contributed by atoms with Crippen molar-refractivity contribution in [3.63, 3.8) is 0 Å². The summed E-state index contributed by atoms with van der Waals surface area (Å²) >= 11 is 0. The van der Waals surface area contributed by atoms with Gasteiger partial charge in [0.15, 0.2) is 5.82 Å². The van der Waals surface area contributed by atoms with Crippen molar-refractivity contribution < 1.29 is 0 Å². The van der Waals surface area contributed by atoms with Crippen molar-refractivity contribution in [1.29, 1.82) is 5.26 Å². The van der Waals surface area contributed by atoms with E-state index in [1.807, 2.05) is 13.0 Å². The predicted octanol–water partition coefficient (Wildman–Crippen LogP) is 1.28. The third kappa shape index (κ3) is 1.81. The van der Waals surface area contributed by atoms with Crippen LogP contribution in [0.4, 0.5) is 5.82 Å². The normalized spacial score (nSPS) is 10.1. The fourth-order valence-electron chi connectivity index (χ4n) is 1.69. The highest BCUT2D eigenvalue weighted by Gasteiger charge is 2.13. The van der Waals surface area contributed by atoms with Crippen LogP contribution in [0.3, 0.4) is 0 Å². The van der Waals surface area contributed by atoms with E-state index >= 15 is 0 Å². The monoisotopic (exact) mass is 227 g/mol. The summed E-state index contributed by atoms with van der Waals surface area (Å²) in [7, 11) is 0. The first-order valence-electron chi connectivity index (χ1n) is 5.30. The quantitative estimate of drug-likeness (QED) is 0.755. The summed E-state index contributed by atoms with van der Waals surface area (Å²) in [5.74, 6) is 6.92. The van der Waals surface area contributed by atoms with E-state index in [9.17, 15) is 0 Å². The summed E-state index contributed by atoms with van der Waals surface area (Å²) in [5.41, 5.74) is 7.90. The lowest BCUT2D eigenvalue weighted by Gasteiger charge is -2.00. The smallest absolute Gasteiger partial charge is 0.150 e. The van der Waals surface area contributed by atoms with Crippen LogP contribution in [0.15, 0.2) is 24.3 Å². The molecule has 0 atom stereocenters. The summed E-state index contributed by atoms with van der Waals surface area (Å²) in [5, 5.41) is 8.85. The Hall–Kier alpha value is -2.48. The van der Waals surface area contributed by atoms with Crippen LogP contribution in [0.1, 0.15) is 18.3 Å². The minimum atomic E-state index is 0.414. The van der Waals surface area contributed by atoms with Crippen LogP contribution in [0.2, 0.25) is 0 Å². The second kappa shape index (κ2) is 4.18. The molecule has 0 radical (unpaired) electrons. The molecule has 17 heavy (non-hydrogen) atoms. The van der Waals surface area contributed by atoms with Gasteiger partial charge >= 0.3 is 0 Å². The topological polar surface area (TPSA) is 93.6 Å². The lowest BCUT2D eigenvalue weighted by Crippen LogP contribution is -2.14. The van der Waals surface area contributed by atoms with Crippen molar-refractivity contribution in [2.45, 2.75) is 13.3 Å². The molecule has 1 aromatic carbocycles. The predicted molar refractivity (Wildman–Crippen MR) is 66.3 cm³/mol. The average Bonchev–Trinajstić information content (AvgIpc) is 2.66. The standard InChI is InChI=1S/C12H13N5/c1-2-10-16-11(12(14)17(10)15)9-5-3-4-8(6-9)7-13/h3-6H,2,14-15H2,1H3. The molecule has 0 aliphatic carbocycles. The van der Waals surface area contributed by atoms with Gasteiger partial charge in [-0.15, -0.1) is 0 Å². The first-order chi connectivity index (χ1) is 8.17. The van der Waals surface area contributed by atoms with Crippen LogP contribution in [0.5, 0.6) is 0 Å². The molecule has 1 aromatic heterocycles. The molecule has 0 aliphatic heterocycles. The third-order valence-corrected chi connectivity index (χ3v) is 2.60. The Kier molecular flexibility index (Phi) is 2.71. The Morgan fingerprint density at radius 3 is 2.82 bits per heavy atom. The van der Waals surface area contributed by atoms with Crippen molar-refractivity contribution in [3.05, 3.63) is 35.7 Å². The van der Waals surface area contributed by atoms with Gasteiger partial charge in [0.05, 0.1) is 11.6 Å². The molecular weight excluding hydrogens is 214 g/mol. The minimum Gasteiger partial charge on any atom is -0.382 e. The average molecular weight is 227 g/mol. The molecule has 5 heteroatoms. The van der Waals surface area contributed by atoms with Crippen LogP contribution >= 0.6 is 0 Å². The zero-order valence-electron chi connectivity index (χ0n) is 9.51. The molecule has 1 heterocycles. The van der Waals surface area contributed by atoms with E-state index in [1.165, 1.54) is 4.68 Å². The summed E-state index contributed by atoms with van der Waals surface area (Å²) in [6, 6.07) is 9.23. The third-order valence-electron chi connectivity index (χ3n) is 2.60. The molecule has 2 aromatic rings. The van der Waals surface area contributed by atoms with Gasteiger partial charge in [0.25, 0.3) is 0 Å².